The Balaban J connectivity index is 2.08. The fourth-order valence-electron chi connectivity index (χ4n) is 2.35. The molecule has 0 saturated carbocycles. The van der Waals surface area contributed by atoms with Gasteiger partial charge in [0.05, 0.1) is 6.61 Å². The molecule has 0 bridgehead atoms. The molecule has 2 unspecified atom stereocenters. The summed E-state index contributed by atoms with van der Waals surface area (Å²) in [5.74, 6) is 0.479. The molecule has 94 valence electrons. The normalized spacial score (nSPS) is 24.9. The van der Waals surface area contributed by atoms with Crippen LogP contribution in [-0.4, -0.2) is 26.3 Å². The highest BCUT2D eigenvalue weighted by molar-refractivity contribution is 6.35. The zero-order valence-electron chi connectivity index (χ0n) is 9.88. The van der Waals surface area contributed by atoms with Gasteiger partial charge in [-0.1, -0.05) is 29.3 Å². The fraction of sp³-hybridized carbons (Fsp3) is 0.538. The average Bonchev–Trinajstić information content (AvgIpc) is 2.33. The first-order valence-corrected chi connectivity index (χ1v) is 6.65. The lowest BCUT2D eigenvalue weighted by Crippen LogP contribution is -2.41. The number of benzene rings is 1. The smallest absolute Gasteiger partial charge is 0.0512 e. The van der Waals surface area contributed by atoms with Crippen LogP contribution in [-0.2, 0) is 11.2 Å². The van der Waals surface area contributed by atoms with Crippen LogP contribution in [0.3, 0.4) is 0 Å². The highest BCUT2D eigenvalue weighted by Gasteiger charge is 2.25. The molecule has 0 radical (unpaired) electrons. The van der Waals surface area contributed by atoms with Crippen LogP contribution in [0.4, 0.5) is 0 Å². The van der Waals surface area contributed by atoms with Crippen LogP contribution in [0.2, 0.25) is 10.0 Å². The Morgan fingerprint density at radius 2 is 2.24 bits per heavy atom. The highest BCUT2D eigenvalue weighted by Crippen LogP contribution is 2.26. The summed E-state index contributed by atoms with van der Waals surface area (Å²) in [4.78, 5) is 0. The number of hydrogen-bond acceptors (Lipinski definition) is 2. The number of rotatable bonds is 3. The first-order chi connectivity index (χ1) is 8.20. The lowest BCUT2D eigenvalue weighted by atomic mass is 9.89. The van der Waals surface area contributed by atoms with Gasteiger partial charge in [0.2, 0.25) is 0 Å². The Morgan fingerprint density at radius 3 is 2.94 bits per heavy atom. The van der Waals surface area contributed by atoms with E-state index >= 15 is 0 Å². The molecule has 2 atom stereocenters. The van der Waals surface area contributed by atoms with Crippen LogP contribution >= 0.6 is 23.2 Å². The minimum absolute atomic E-state index is 0.479. The Bertz CT molecular complexity index is 384. The molecule has 0 aromatic heterocycles. The molecule has 1 aromatic rings. The number of ether oxygens (including phenoxy) is 1. The number of nitrogens with one attached hydrogen (secondary N) is 1. The van der Waals surface area contributed by atoms with E-state index in [0.29, 0.717) is 17.0 Å². The van der Waals surface area contributed by atoms with E-state index in [9.17, 15) is 0 Å². The first kappa shape index (κ1) is 13.2. The van der Waals surface area contributed by atoms with Gasteiger partial charge in [-0.05, 0) is 37.6 Å². The summed E-state index contributed by atoms with van der Waals surface area (Å²) < 4.78 is 5.54. The van der Waals surface area contributed by atoms with Crippen molar-refractivity contribution in [1.82, 2.24) is 5.32 Å². The van der Waals surface area contributed by atoms with Crippen molar-refractivity contribution >= 4 is 23.2 Å². The van der Waals surface area contributed by atoms with Crippen molar-refractivity contribution < 1.29 is 4.74 Å². The third kappa shape index (κ3) is 3.35. The van der Waals surface area contributed by atoms with Gasteiger partial charge in [-0.2, -0.15) is 0 Å². The van der Waals surface area contributed by atoms with E-state index < -0.39 is 0 Å². The minimum atomic E-state index is 0.479. The highest BCUT2D eigenvalue weighted by atomic mass is 35.5. The van der Waals surface area contributed by atoms with Crippen LogP contribution in [0, 0.1) is 5.92 Å². The second-order valence-electron chi connectivity index (χ2n) is 4.46. The van der Waals surface area contributed by atoms with Crippen molar-refractivity contribution in [2.45, 2.75) is 18.9 Å². The summed E-state index contributed by atoms with van der Waals surface area (Å²) in [6, 6.07) is 6.21. The zero-order chi connectivity index (χ0) is 12.3. The van der Waals surface area contributed by atoms with Crippen LogP contribution in [0.1, 0.15) is 12.0 Å². The van der Waals surface area contributed by atoms with Crippen molar-refractivity contribution in [2.75, 3.05) is 20.3 Å². The van der Waals surface area contributed by atoms with Crippen molar-refractivity contribution in [3.05, 3.63) is 33.8 Å². The lowest BCUT2D eigenvalue weighted by Gasteiger charge is -2.31. The molecule has 17 heavy (non-hydrogen) atoms. The molecule has 0 amide bonds. The number of halogens is 2. The summed E-state index contributed by atoms with van der Waals surface area (Å²) in [6.07, 6.45) is 1.99. The van der Waals surface area contributed by atoms with Gasteiger partial charge in [0.25, 0.3) is 0 Å². The molecule has 1 fully saturated rings. The van der Waals surface area contributed by atoms with E-state index in [1.807, 2.05) is 19.2 Å². The van der Waals surface area contributed by atoms with Gasteiger partial charge in [-0.3, -0.25) is 0 Å². The van der Waals surface area contributed by atoms with Gasteiger partial charge in [-0.25, -0.2) is 0 Å². The first-order valence-electron chi connectivity index (χ1n) is 5.89. The molecule has 1 aliphatic rings. The molecule has 1 N–H and O–H groups in total. The van der Waals surface area contributed by atoms with Crippen LogP contribution in [0.15, 0.2) is 18.2 Å². The standard InChI is InChI=1S/C13H17Cl2NO/c1-16-13-4-5-17-8-10(13)6-9-2-3-11(14)7-12(9)15/h2-3,7,10,13,16H,4-6,8H2,1H3. The van der Waals surface area contributed by atoms with Crippen molar-refractivity contribution in [2.24, 2.45) is 5.92 Å². The van der Waals surface area contributed by atoms with Crippen LogP contribution in [0.5, 0.6) is 0 Å². The Hall–Kier alpha value is -0.280. The van der Waals surface area contributed by atoms with Crippen LogP contribution < -0.4 is 5.32 Å². The van der Waals surface area contributed by atoms with E-state index in [4.69, 9.17) is 27.9 Å². The summed E-state index contributed by atoms with van der Waals surface area (Å²) in [5.41, 5.74) is 1.15. The quantitative estimate of drug-likeness (QED) is 0.914. The third-order valence-corrected chi connectivity index (χ3v) is 3.93. The Morgan fingerprint density at radius 1 is 1.41 bits per heavy atom. The third-order valence-electron chi connectivity index (χ3n) is 3.34. The molecule has 2 nitrogen and oxygen atoms in total. The topological polar surface area (TPSA) is 21.3 Å². The molecule has 2 rings (SSSR count). The number of hydrogen-bond donors (Lipinski definition) is 1. The van der Waals surface area contributed by atoms with Crippen molar-refractivity contribution in [3.8, 4) is 0 Å². The molecule has 1 aliphatic heterocycles. The Labute approximate surface area is 112 Å². The second kappa shape index (κ2) is 6.05. The zero-order valence-corrected chi connectivity index (χ0v) is 11.4. The summed E-state index contributed by atoms with van der Waals surface area (Å²) in [5, 5.41) is 4.79. The van der Waals surface area contributed by atoms with E-state index in [0.717, 1.165) is 36.6 Å². The van der Waals surface area contributed by atoms with Gasteiger partial charge in [0.15, 0.2) is 0 Å². The Kier molecular flexibility index (Phi) is 4.69. The van der Waals surface area contributed by atoms with Crippen molar-refractivity contribution in [3.63, 3.8) is 0 Å². The van der Waals surface area contributed by atoms with E-state index in [-0.39, 0.29) is 0 Å². The largest absolute Gasteiger partial charge is 0.381 e. The maximum atomic E-state index is 6.19. The predicted octanol–water partition coefficient (Wildman–Crippen LogP) is 3.16. The van der Waals surface area contributed by atoms with E-state index in [1.54, 1.807) is 6.07 Å². The molecule has 1 saturated heterocycles. The maximum absolute atomic E-state index is 6.19. The van der Waals surface area contributed by atoms with Gasteiger partial charge < -0.3 is 10.1 Å². The second-order valence-corrected chi connectivity index (χ2v) is 5.30. The molecule has 1 heterocycles. The summed E-state index contributed by atoms with van der Waals surface area (Å²) >= 11 is 12.1. The molecule has 0 spiro atoms. The lowest BCUT2D eigenvalue weighted by molar-refractivity contribution is 0.0342. The molecule has 1 aromatic carbocycles. The van der Waals surface area contributed by atoms with Gasteiger partial charge in [0.1, 0.15) is 0 Å². The van der Waals surface area contributed by atoms with E-state index in [1.165, 1.54) is 0 Å². The minimum Gasteiger partial charge on any atom is -0.381 e. The molecular formula is C13H17Cl2NO. The maximum Gasteiger partial charge on any atom is 0.0512 e. The van der Waals surface area contributed by atoms with Gasteiger partial charge >= 0.3 is 0 Å². The monoisotopic (exact) mass is 273 g/mol. The molecular weight excluding hydrogens is 257 g/mol. The van der Waals surface area contributed by atoms with Gasteiger partial charge in [0, 0.05) is 28.6 Å². The molecule has 0 aliphatic carbocycles. The van der Waals surface area contributed by atoms with Gasteiger partial charge in [-0.15, -0.1) is 0 Å². The SMILES string of the molecule is CNC1CCOCC1Cc1ccc(Cl)cc1Cl. The average molecular weight is 274 g/mol. The van der Waals surface area contributed by atoms with E-state index in [2.05, 4.69) is 5.32 Å². The van der Waals surface area contributed by atoms with Crippen molar-refractivity contribution in [1.29, 1.82) is 0 Å². The summed E-state index contributed by atoms with van der Waals surface area (Å²) in [6.45, 7) is 1.64. The summed E-state index contributed by atoms with van der Waals surface area (Å²) in [7, 11) is 2.01. The molecule has 4 heteroatoms. The fourth-order valence-corrected chi connectivity index (χ4v) is 2.83. The predicted molar refractivity (Wildman–Crippen MR) is 71.9 cm³/mol. The van der Waals surface area contributed by atoms with Crippen LogP contribution in [0.25, 0.3) is 0 Å².